The first-order chi connectivity index (χ1) is 9.13. The second kappa shape index (κ2) is 6.76. The van der Waals surface area contributed by atoms with Crippen LogP contribution in [0.15, 0.2) is 22.7 Å². The van der Waals surface area contributed by atoms with Crippen molar-refractivity contribution in [3.8, 4) is 0 Å². The second-order valence-corrected chi connectivity index (χ2v) is 6.46. The van der Waals surface area contributed by atoms with Crippen molar-refractivity contribution in [2.45, 2.75) is 51.6 Å². The molecule has 19 heavy (non-hydrogen) atoms. The van der Waals surface area contributed by atoms with Crippen LogP contribution in [0.5, 0.6) is 0 Å². The molecule has 2 rings (SSSR count). The minimum absolute atomic E-state index is 0.380. The van der Waals surface area contributed by atoms with Gasteiger partial charge in [-0.2, -0.15) is 0 Å². The van der Waals surface area contributed by atoms with Gasteiger partial charge in [0.15, 0.2) is 0 Å². The Morgan fingerprint density at radius 2 is 2.11 bits per heavy atom. The predicted molar refractivity (Wildman–Crippen MR) is 86.9 cm³/mol. The minimum atomic E-state index is 0.380. The molecule has 1 fully saturated rings. The van der Waals surface area contributed by atoms with Gasteiger partial charge in [0.1, 0.15) is 0 Å². The Morgan fingerprint density at radius 3 is 2.79 bits per heavy atom. The fourth-order valence-electron chi connectivity index (χ4n) is 2.86. The van der Waals surface area contributed by atoms with Gasteiger partial charge in [0.2, 0.25) is 0 Å². The largest absolute Gasteiger partial charge is 0.369 e. The van der Waals surface area contributed by atoms with E-state index in [2.05, 4.69) is 58.2 Å². The molecule has 1 aromatic carbocycles. The van der Waals surface area contributed by atoms with Crippen LogP contribution in [-0.2, 0) is 0 Å². The first kappa shape index (κ1) is 14.9. The van der Waals surface area contributed by atoms with Gasteiger partial charge in [-0.25, -0.2) is 0 Å². The molecule has 106 valence electrons. The van der Waals surface area contributed by atoms with Gasteiger partial charge in [-0.05, 0) is 51.4 Å². The van der Waals surface area contributed by atoms with E-state index in [1.165, 1.54) is 48.0 Å². The summed E-state index contributed by atoms with van der Waals surface area (Å²) in [5, 5.41) is 3.30. The highest BCUT2D eigenvalue weighted by atomic mass is 79.9. The van der Waals surface area contributed by atoms with Gasteiger partial charge in [-0.15, -0.1) is 0 Å². The number of anilines is 1. The van der Waals surface area contributed by atoms with E-state index in [4.69, 9.17) is 0 Å². The summed E-state index contributed by atoms with van der Waals surface area (Å²) in [7, 11) is 2.00. The Bertz CT molecular complexity index is 419. The molecular weight excluding hydrogens is 300 g/mol. The van der Waals surface area contributed by atoms with Gasteiger partial charge >= 0.3 is 0 Å². The van der Waals surface area contributed by atoms with Crippen LogP contribution in [0, 0.1) is 0 Å². The maximum absolute atomic E-state index is 3.73. The predicted octanol–water partition coefficient (Wildman–Crippen LogP) is 4.50. The summed E-state index contributed by atoms with van der Waals surface area (Å²) in [6.07, 6.45) is 5.37. The highest BCUT2D eigenvalue weighted by Crippen LogP contribution is 2.31. The molecule has 1 aliphatic rings. The molecule has 1 aliphatic heterocycles. The highest BCUT2D eigenvalue weighted by molar-refractivity contribution is 9.10. The lowest BCUT2D eigenvalue weighted by atomic mass is 10.1. The second-order valence-electron chi connectivity index (χ2n) is 5.61. The van der Waals surface area contributed by atoms with Crippen molar-refractivity contribution in [1.29, 1.82) is 0 Å². The standard InChI is InChI=1S/C16H25BrN2/c1-12-7-5-4-6-10-19(12)14-8-9-15(13(2)18-3)16(17)11-14/h8-9,11-13,18H,4-7,10H2,1-3H3. The zero-order valence-corrected chi connectivity index (χ0v) is 13.8. The number of nitrogens with one attached hydrogen (secondary N) is 1. The summed E-state index contributed by atoms with van der Waals surface area (Å²) in [4.78, 5) is 2.56. The Labute approximate surface area is 125 Å². The van der Waals surface area contributed by atoms with Gasteiger partial charge in [0.25, 0.3) is 0 Å². The van der Waals surface area contributed by atoms with E-state index >= 15 is 0 Å². The SMILES string of the molecule is CNC(C)c1ccc(N2CCCCCC2C)cc1Br. The van der Waals surface area contributed by atoms with Crippen molar-refractivity contribution in [1.82, 2.24) is 5.32 Å². The molecule has 1 saturated heterocycles. The lowest BCUT2D eigenvalue weighted by Gasteiger charge is -2.30. The van der Waals surface area contributed by atoms with Crippen molar-refractivity contribution < 1.29 is 0 Å². The van der Waals surface area contributed by atoms with Crippen LogP contribution < -0.4 is 10.2 Å². The van der Waals surface area contributed by atoms with Crippen LogP contribution in [0.4, 0.5) is 5.69 Å². The molecule has 2 unspecified atom stereocenters. The number of hydrogen-bond acceptors (Lipinski definition) is 2. The molecule has 1 N–H and O–H groups in total. The normalized spacial score (nSPS) is 22.1. The Morgan fingerprint density at radius 1 is 1.32 bits per heavy atom. The smallest absolute Gasteiger partial charge is 0.0380 e. The Kier molecular flexibility index (Phi) is 5.28. The quantitative estimate of drug-likeness (QED) is 0.880. The molecule has 0 radical (unpaired) electrons. The summed E-state index contributed by atoms with van der Waals surface area (Å²) in [6, 6.07) is 7.84. The van der Waals surface area contributed by atoms with Crippen molar-refractivity contribution in [2.24, 2.45) is 0 Å². The van der Waals surface area contributed by atoms with Crippen molar-refractivity contribution in [2.75, 3.05) is 18.5 Å². The van der Waals surface area contributed by atoms with Gasteiger partial charge in [0, 0.05) is 28.8 Å². The summed E-state index contributed by atoms with van der Waals surface area (Å²) in [6.45, 7) is 5.73. The van der Waals surface area contributed by atoms with E-state index < -0.39 is 0 Å². The Balaban J connectivity index is 2.23. The molecule has 0 aliphatic carbocycles. The fraction of sp³-hybridized carbons (Fsp3) is 0.625. The highest BCUT2D eigenvalue weighted by Gasteiger charge is 2.18. The maximum Gasteiger partial charge on any atom is 0.0380 e. The van der Waals surface area contributed by atoms with Crippen LogP contribution in [0.3, 0.4) is 0 Å². The molecule has 0 spiro atoms. The van der Waals surface area contributed by atoms with E-state index in [0.29, 0.717) is 12.1 Å². The van der Waals surface area contributed by atoms with Crippen LogP contribution in [-0.4, -0.2) is 19.6 Å². The molecule has 0 bridgehead atoms. The van der Waals surface area contributed by atoms with Crippen LogP contribution in [0.25, 0.3) is 0 Å². The molecule has 2 nitrogen and oxygen atoms in total. The summed E-state index contributed by atoms with van der Waals surface area (Å²) >= 11 is 3.73. The van der Waals surface area contributed by atoms with E-state index in [0.717, 1.165) is 0 Å². The monoisotopic (exact) mass is 324 g/mol. The first-order valence-electron chi connectivity index (χ1n) is 7.37. The number of hydrogen-bond donors (Lipinski definition) is 1. The van der Waals surface area contributed by atoms with Crippen LogP contribution in [0.1, 0.15) is 51.1 Å². The third-order valence-electron chi connectivity index (χ3n) is 4.27. The number of rotatable bonds is 3. The van der Waals surface area contributed by atoms with Gasteiger partial charge in [-0.1, -0.05) is 34.8 Å². The minimum Gasteiger partial charge on any atom is -0.369 e. The maximum atomic E-state index is 3.73. The molecule has 1 heterocycles. The molecule has 0 amide bonds. The lowest BCUT2D eigenvalue weighted by molar-refractivity contribution is 0.615. The van der Waals surface area contributed by atoms with E-state index in [-0.39, 0.29) is 0 Å². The molecule has 0 saturated carbocycles. The molecule has 3 heteroatoms. The van der Waals surface area contributed by atoms with Gasteiger partial charge in [0.05, 0.1) is 0 Å². The van der Waals surface area contributed by atoms with E-state index in [9.17, 15) is 0 Å². The van der Waals surface area contributed by atoms with Crippen molar-refractivity contribution >= 4 is 21.6 Å². The fourth-order valence-corrected chi connectivity index (χ4v) is 3.57. The zero-order chi connectivity index (χ0) is 13.8. The third-order valence-corrected chi connectivity index (χ3v) is 4.95. The summed E-state index contributed by atoms with van der Waals surface area (Å²) < 4.78 is 1.21. The number of benzene rings is 1. The van der Waals surface area contributed by atoms with Crippen LogP contribution >= 0.6 is 15.9 Å². The third kappa shape index (κ3) is 3.51. The van der Waals surface area contributed by atoms with Crippen molar-refractivity contribution in [3.05, 3.63) is 28.2 Å². The lowest BCUT2D eigenvalue weighted by Crippen LogP contribution is -2.32. The average molecular weight is 325 g/mol. The van der Waals surface area contributed by atoms with E-state index in [1.54, 1.807) is 0 Å². The summed E-state index contributed by atoms with van der Waals surface area (Å²) in [5.74, 6) is 0. The molecule has 2 atom stereocenters. The zero-order valence-electron chi connectivity index (χ0n) is 12.2. The van der Waals surface area contributed by atoms with E-state index in [1.807, 2.05) is 7.05 Å². The van der Waals surface area contributed by atoms with Gasteiger partial charge in [-0.3, -0.25) is 0 Å². The Hall–Kier alpha value is -0.540. The van der Waals surface area contributed by atoms with Crippen LogP contribution in [0.2, 0.25) is 0 Å². The van der Waals surface area contributed by atoms with Gasteiger partial charge < -0.3 is 10.2 Å². The summed E-state index contributed by atoms with van der Waals surface area (Å²) in [5.41, 5.74) is 2.68. The number of halogens is 1. The average Bonchev–Trinajstić information content (AvgIpc) is 2.62. The number of nitrogens with zero attached hydrogens (tertiary/aromatic N) is 1. The first-order valence-corrected chi connectivity index (χ1v) is 8.16. The molecular formula is C16H25BrN2. The van der Waals surface area contributed by atoms with Crippen molar-refractivity contribution in [3.63, 3.8) is 0 Å². The molecule has 1 aromatic rings. The topological polar surface area (TPSA) is 15.3 Å². The molecule has 0 aromatic heterocycles.